The van der Waals surface area contributed by atoms with Crippen LogP contribution < -0.4 is 4.90 Å². The lowest BCUT2D eigenvalue weighted by molar-refractivity contribution is -0.552. The van der Waals surface area contributed by atoms with Gasteiger partial charge in [0.05, 0.1) is 11.4 Å². The van der Waals surface area contributed by atoms with Crippen molar-refractivity contribution >= 4 is 22.7 Å². The highest BCUT2D eigenvalue weighted by Crippen LogP contribution is 2.37. The third kappa shape index (κ3) is 1.82. The second kappa shape index (κ2) is 4.58. The number of nitrogens with zero attached hydrogens (tertiary/aromatic N) is 4. The van der Waals surface area contributed by atoms with Gasteiger partial charge in [-0.3, -0.25) is 0 Å². The molecule has 2 fully saturated rings. The Morgan fingerprint density at radius 2 is 2.43 bits per heavy atom. The quantitative estimate of drug-likeness (QED) is 0.645. The highest BCUT2D eigenvalue weighted by Gasteiger charge is 2.46. The van der Waals surface area contributed by atoms with Crippen molar-refractivity contribution in [2.24, 2.45) is 5.92 Å². The summed E-state index contributed by atoms with van der Waals surface area (Å²) in [6.07, 6.45) is 6.11. The minimum atomic E-state index is 0.273. The van der Waals surface area contributed by atoms with Gasteiger partial charge in [0.25, 0.3) is 0 Å². The van der Waals surface area contributed by atoms with E-state index in [-0.39, 0.29) is 5.90 Å². The van der Waals surface area contributed by atoms with E-state index in [4.69, 9.17) is 0 Å². The van der Waals surface area contributed by atoms with Gasteiger partial charge < -0.3 is 15.0 Å². The van der Waals surface area contributed by atoms with E-state index in [1.165, 1.54) is 6.08 Å². The van der Waals surface area contributed by atoms with Gasteiger partial charge in [-0.05, 0) is 6.07 Å². The van der Waals surface area contributed by atoms with Crippen LogP contribution in [0.1, 0.15) is 6.42 Å². The van der Waals surface area contributed by atoms with Crippen LogP contribution in [0.4, 0.5) is 5.82 Å². The van der Waals surface area contributed by atoms with E-state index >= 15 is 0 Å². The molecule has 0 spiro atoms. The summed E-state index contributed by atoms with van der Waals surface area (Å²) in [6, 6.07) is 2.42. The molecule has 108 valence electrons. The van der Waals surface area contributed by atoms with Crippen molar-refractivity contribution in [1.82, 2.24) is 15.0 Å². The van der Waals surface area contributed by atoms with E-state index in [0.717, 1.165) is 42.9 Å². The predicted molar refractivity (Wildman–Crippen MR) is 81.0 cm³/mol. The molecule has 2 aromatic rings. The molecule has 4 rings (SSSR count). The van der Waals surface area contributed by atoms with E-state index in [0.29, 0.717) is 12.0 Å². The van der Waals surface area contributed by atoms with Crippen LogP contribution >= 0.6 is 0 Å². The second-order valence-electron chi connectivity index (χ2n) is 5.71. The molecule has 2 aliphatic rings. The van der Waals surface area contributed by atoms with Crippen LogP contribution in [-0.2, 0) is 0 Å². The molecule has 2 N–H and O–H groups in total. The summed E-state index contributed by atoms with van der Waals surface area (Å²) < 4.78 is 2.00. The number of aliphatic hydroxyl groups excluding tert-OH is 1. The number of aromatic amines is 1. The summed E-state index contributed by atoms with van der Waals surface area (Å²) >= 11 is 0. The van der Waals surface area contributed by atoms with Crippen molar-refractivity contribution in [1.29, 1.82) is 0 Å². The molecule has 0 saturated carbocycles. The first-order valence-electron chi connectivity index (χ1n) is 7.26. The van der Waals surface area contributed by atoms with Gasteiger partial charge in [0, 0.05) is 31.2 Å². The number of anilines is 1. The average molecular weight is 284 g/mol. The van der Waals surface area contributed by atoms with E-state index in [2.05, 4.69) is 26.4 Å². The number of hydrogen-bond acceptors (Lipinski definition) is 3. The summed E-state index contributed by atoms with van der Waals surface area (Å²) in [4.78, 5) is 14.2. The molecular weight excluding hydrogens is 266 g/mol. The average Bonchev–Trinajstić information content (AvgIpc) is 2.97. The Balaban J connectivity index is 1.66. The second-order valence-corrected chi connectivity index (χ2v) is 5.71. The van der Waals surface area contributed by atoms with Gasteiger partial charge in [-0.1, -0.05) is 6.58 Å². The van der Waals surface area contributed by atoms with Gasteiger partial charge in [-0.2, -0.15) is 4.58 Å². The standard InChI is InChI=1S/C15H17N5O/c1-2-13(21)19-6-4-10-7-20(12(10)8-19)15-11-3-5-16-14(11)17-9-18-15/h2-3,5,9-10,12H,1,4,6-8H2,(H,16,17,18)/p+1/t10-,12-/m0/s1. The van der Waals surface area contributed by atoms with Crippen molar-refractivity contribution in [3.8, 4) is 0 Å². The third-order valence-corrected chi connectivity index (χ3v) is 4.66. The number of rotatable bonds is 2. The Morgan fingerprint density at radius 1 is 1.52 bits per heavy atom. The highest BCUT2D eigenvalue weighted by molar-refractivity contribution is 5.87. The van der Waals surface area contributed by atoms with Crippen molar-refractivity contribution in [3.63, 3.8) is 0 Å². The van der Waals surface area contributed by atoms with Gasteiger partial charge in [-0.15, -0.1) is 0 Å². The number of H-pyrrole nitrogens is 1. The Kier molecular flexibility index (Phi) is 2.70. The Hall–Kier alpha value is -2.37. The smallest absolute Gasteiger partial charge is 0.359 e. The molecule has 2 saturated heterocycles. The summed E-state index contributed by atoms with van der Waals surface area (Å²) in [5.74, 6) is 1.94. The fourth-order valence-corrected chi connectivity index (χ4v) is 3.46. The lowest BCUT2D eigenvalue weighted by Gasteiger charge is -2.49. The topological polar surface area (TPSA) is 68.1 Å². The number of aromatic nitrogens is 3. The fourth-order valence-electron chi connectivity index (χ4n) is 3.46. The molecule has 0 unspecified atom stereocenters. The first-order chi connectivity index (χ1) is 10.3. The SMILES string of the molecule is C=CC(O)=[N+]1CC[C@H]2CN(c3ncnc4[nH]ccc34)[C@H]2C1. The maximum atomic E-state index is 9.88. The van der Waals surface area contributed by atoms with Gasteiger partial charge in [0.15, 0.2) is 6.54 Å². The van der Waals surface area contributed by atoms with E-state index in [9.17, 15) is 5.11 Å². The van der Waals surface area contributed by atoms with E-state index < -0.39 is 0 Å². The molecular formula is C15H18N5O+. The zero-order valence-corrected chi connectivity index (χ0v) is 11.7. The van der Waals surface area contributed by atoms with Crippen molar-refractivity contribution in [2.45, 2.75) is 12.5 Å². The summed E-state index contributed by atoms with van der Waals surface area (Å²) in [7, 11) is 0. The summed E-state index contributed by atoms with van der Waals surface area (Å²) in [6.45, 7) is 6.39. The third-order valence-electron chi connectivity index (χ3n) is 4.66. The first kappa shape index (κ1) is 12.4. The van der Waals surface area contributed by atoms with Crippen LogP contribution in [0.25, 0.3) is 11.0 Å². The van der Waals surface area contributed by atoms with Crippen LogP contribution in [0.2, 0.25) is 0 Å². The maximum Gasteiger partial charge on any atom is 0.359 e. The van der Waals surface area contributed by atoms with Crippen LogP contribution in [0.3, 0.4) is 0 Å². The largest absolute Gasteiger partial charge is 0.460 e. The van der Waals surface area contributed by atoms with Gasteiger partial charge in [0.1, 0.15) is 24.3 Å². The zero-order valence-electron chi connectivity index (χ0n) is 11.7. The maximum absolute atomic E-state index is 9.88. The molecule has 2 aliphatic heterocycles. The van der Waals surface area contributed by atoms with Crippen molar-refractivity contribution < 1.29 is 9.68 Å². The molecule has 2 aromatic heterocycles. The minimum Gasteiger partial charge on any atom is -0.460 e. The van der Waals surface area contributed by atoms with Crippen molar-refractivity contribution in [2.75, 3.05) is 24.5 Å². The summed E-state index contributed by atoms with van der Waals surface area (Å²) in [5, 5.41) is 10.9. The van der Waals surface area contributed by atoms with Crippen LogP contribution in [0.15, 0.2) is 31.2 Å². The van der Waals surface area contributed by atoms with E-state index in [1.807, 2.05) is 16.8 Å². The molecule has 6 heteroatoms. The molecule has 0 amide bonds. The number of aliphatic hydroxyl groups is 1. The molecule has 0 radical (unpaired) electrons. The molecule has 6 nitrogen and oxygen atoms in total. The summed E-state index contributed by atoms with van der Waals surface area (Å²) in [5.41, 5.74) is 0.872. The van der Waals surface area contributed by atoms with Crippen LogP contribution in [0, 0.1) is 5.92 Å². The lowest BCUT2D eigenvalue weighted by atomic mass is 9.82. The van der Waals surface area contributed by atoms with Crippen LogP contribution in [-0.4, -0.2) is 56.2 Å². The first-order valence-corrected chi connectivity index (χ1v) is 7.26. The van der Waals surface area contributed by atoms with Gasteiger partial charge in [-0.25, -0.2) is 9.97 Å². The molecule has 4 heterocycles. The minimum absolute atomic E-state index is 0.273. The molecule has 21 heavy (non-hydrogen) atoms. The monoisotopic (exact) mass is 284 g/mol. The Bertz CT molecular complexity index is 734. The Labute approximate surface area is 122 Å². The zero-order chi connectivity index (χ0) is 14.4. The molecule has 2 atom stereocenters. The lowest BCUT2D eigenvalue weighted by Crippen LogP contribution is -2.63. The number of fused-ring (bicyclic) bond motifs is 2. The van der Waals surface area contributed by atoms with Crippen molar-refractivity contribution in [3.05, 3.63) is 31.2 Å². The number of piperidine rings is 1. The number of hydrogen-bond donors (Lipinski definition) is 2. The Morgan fingerprint density at radius 3 is 3.29 bits per heavy atom. The fraction of sp³-hybridized carbons (Fsp3) is 0.400. The van der Waals surface area contributed by atoms with E-state index in [1.54, 1.807) is 6.33 Å². The predicted octanol–water partition coefficient (Wildman–Crippen LogP) is 1.32. The normalized spacial score (nSPS) is 27.1. The van der Waals surface area contributed by atoms with Gasteiger partial charge in [0.2, 0.25) is 0 Å². The number of nitrogens with one attached hydrogen (secondary N) is 1. The molecule has 0 bridgehead atoms. The molecule has 0 aliphatic carbocycles. The van der Waals surface area contributed by atoms with Crippen LogP contribution in [0.5, 0.6) is 0 Å². The highest BCUT2D eigenvalue weighted by atomic mass is 16.3. The molecule has 0 aromatic carbocycles. The van der Waals surface area contributed by atoms with Gasteiger partial charge >= 0.3 is 5.90 Å².